The highest BCUT2D eigenvalue weighted by atomic mass is 35.5. The molecule has 0 aliphatic heterocycles. The van der Waals surface area contributed by atoms with E-state index in [0.29, 0.717) is 16.5 Å². The number of rotatable bonds is 4. The lowest BCUT2D eigenvalue weighted by molar-refractivity contribution is -0.122. The summed E-state index contributed by atoms with van der Waals surface area (Å²) in [5.41, 5.74) is 6.42. The first-order valence-electron chi connectivity index (χ1n) is 5.40. The van der Waals surface area contributed by atoms with E-state index in [4.69, 9.17) is 28.9 Å². The fraction of sp³-hybridized carbons (Fsp3) is 0.417. The van der Waals surface area contributed by atoms with Crippen LogP contribution in [0.4, 0.5) is 0 Å². The molecule has 0 radical (unpaired) electrons. The molecule has 0 aliphatic rings. The van der Waals surface area contributed by atoms with E-state index in [0.717, 1.165) is 5.56 Å². The van der Waals surface area contributed by atoms with E-state index in [1.807, 2.05) is 13.0 Å². The molecule has 0 saturated carbocycles. The van der Waals surface area contributed by atoms with Crippen LogP contribution < -0.4 is 11.1 Å². The molecule has 0 aliphatic carbocycles. The molecule has 2 atom stereocenters. The number of hydrogen-bond donors (Lipinski definition) is 2. The number of nitrogens with two attached hydrogens (primary N) is 1. The van der Waals surface area contributed by atoms with Crippen molar-refractivity contribution in [3.05, 3.63) is 33.8 Å². The van der Waals surface area contributed by atoms with Gasteiger partial charge in [-0.15, -0.1) is 0 Å². The van der Waals surface area contributed by atoms with Gasteiger partial charge in [0.1, 0.15) is 0 Å². The van der Waals surface area contributed by atoms with E-state index < -0.39 is 6.04 Å². The van der Waals surface area contributed by atoms with Gasteiger partial charge in [0.05, 0.1) is 6.04 Å². The van der Waals surface area contributed by atoms with Crippen molar-refractivity contribution in [1.82, 2.24) is 5.32 Å². The van der Waals surface area contributed by atoms with E-state index in [1.165, 1.54) is 0 Å². The molecule has 5 heteroatoms. The minimum atomic E-state index is -0.502. The van der Waals surface area contributed by atoms with E-state index in [-0.39, 0.29) is 11.9 Å². The molecule has 0 spiro atoms. The molecule has 0 heterocycles. The first-order chi connectivity index (χ1) is 7.90. The van der Waals surface area contributed by atoms with E-state index in [2.05, 4.69) is 5.32 Å². The number of carbonyl (C=O) groups is 1. The lowest BCUT2D eigenvalue weighted by atomic mass is 10.1. The Kier molecular flexibility index (Phi) is 5.25. The summed E-state index contributed by atoms with van der Waals surface area (Å²) in [6.45, 7) is 3.56. The highest BCUT2D eigenvalue weighted by Gasteiger charge is 2.12. The Morgan fingerprint density at radius 2 is 2.06 bits per heavy atom. The summed E-state index contributed by atoms with van der Waals surface area (Å²) in [6.07, 6.45) is 0.647. The highest BCUT2D eigenvalue weighted by molar-refractivity contribution is 6.35. The van der Waals surface area contributed by atoms with Gasteiger partial charge in [-0.05, 0) is 38.0 Å². The summed E-state index contributed by atoms with van der Waals surface area (Å²) in [6, 6.07) is 4.81. The number of nitrogens with one attached hydrogen (secondary N) is 1. The molecule has 1 unspecified atom stereocenters. The zero-order valence-corrected chi connectivity index (χ0v) is 11.3. The second kappa shape index (κ2) is 6.24. The molecular weight excluding hydrogens is 259 g/mol. The van der Waals surface area contributed by atoms with Crippen LogP contribution in [0.25, 0.3) is 0 Å². The minimum absolute atomic E-state index is 0.0211. The monoisotopic (exact) mass is 274 g/mol. The third-order valence-corrected chi connectivity index (χ3v) is 2.93. The summed E-state index contributed by atoms with van der Waals surface area (Å²) in [5, 5.41) is 4.03. The van der Waals surface area contributed by atoms with Crippen molar-refractivity contribution in [2.24, 2.45) is 5.73 Å². The molecule has 0 bridgehead atoms. The van der Waals surface area contributed by atoms with Crippen LogP contribution in [0, 0.1) is 0 Å². The van der Waals surface area contributed by atoms with Gasteiger partial charge in [0.15, 0.2) is 0 Å². The highest BCUT2D eigenvalue weighted by Crippen LogP contribution is 2.22. The average Bonchev–Trinajstić information content (AvgIpc) is 2.22. The second-order valence-electron chi connectivity index (χ2n) is 4.14. The summed E-state index contributed by atoms with van der Waals surface area (Å²) in [5.74, 6) is -0.164. The number of carbonyl (C=O) groups excluding carboxylic acids is 1. The van der Waals surface area contributed by atoms with E-state index in [1.54, 1.807) is 19.1 Å². The lowest BCUT2D eigenvalue weighted by Crippen LogP contribution is -2.43. The first-order valence-corrected chi connectivity index (χ1v) is 6.15. The van der Waals surface area contributed by atoms with Crippen LogP contribution in [-0.2, 0) is 11.2 Å². The molecule has 94 valence electrons. The van der Waals surface area contributed by atoms with Gasteiger partial charge in [-0.25, -0.2) is 0 Å². The molecule has 1 rings (SSSR count). The molecule has 1 aromatic rings. The topological polar surface area (TPSA) is 55.1 Å². The quantitative estimate of drug-likeness (QED) is 0.886. The Labute approximate surface area is 111 Å². The van der Waals surface area contributed by atoms with Crippen molar-refractivity contribution in [2.75, 3.05) is 0 Å². The SMILES string of the molecule is CC(Cc1ccc(Cl)cc1Cl)NC(=O)[C@H](C)N. The van der Waals surface area contributed by atoms with Gasteiger partial charge in [-0.1, -0.05) is 29.3 Å². The summed E-state index contributed by atoms with van der Waals surface area (Å²) >= 11 is 11.9. The maximum atomic E-state index is 11.4. The van der Waals surface area contributed by atoms with Gasteiger partial charge in [-0.2, -0.15) is 0 Å². The van der Waals surface area contributed by atoms with Crippen LogP contribution in [0.5, 0.6) is 0 Å². The first kappa shape index (κ1) is 14.3. The zero-order valence-electron chi connectivity index (χ0n) is 9.84. The van der Waals surface area contributed by atoms with E-state index >= 15 is 0 Å². The molecule has 17 heavy (non-hydrogen) atoms. The summed E-state index contributed by atoms with van der Waals surface area (Å²) in [7, 11) is 0. The van der Waals surface area contributed by atoms with Gasteiger partial charge < -0.3 is 11.1 Å². The Balaban J connectivity index is 2.62. The fourth-order valence-electron chi connectivity index (χ4n) is 1.44. The average molecular weight is 275 g/mol. The van der Waals surface area contributed by atoms with Crippen molar-refractivity contribution in [3.8, 4) is 0 Å². The molecule has 1 aromatic carbocycles. The van der Waals surface area contributed by atoms with E-state index in [9.17, 15) is 4.79 Å². The van der Waals surface area contributed by atoms with Crippen LogP contribution in [0.3, 0.4) is 0 Å². The maximum absolute atomic E-state index is 11.4. The molecule has 0 saturated heterocycles. The standard InChI is InChI=1S/C12H16Cl2N2O/c1-7(16-12(17)8(2)15)5-9-3-4-10(13)6-11(9)14/h3-4,6-8H,5,15H2,1-2H3,(H,16,17)/t7?,8-/m0/s1. The summed E-state index contributed by atoms with van der Waals surface area (Å²) in [4.78, 5) is 11.4. The van der Waals surface area contributed by atoms with Crippen molar-refractivity contribution < 1.29 is 4.79 Å². The predicted octanol–water partition coefficient (Wildman–Crippen LogP) is 2.39. The second-order valence-corrected chi connectivity index (χ2v) is 4.98. The predicted molar refractivity (Wildman–Crippen MR) is 71.4 cm³/mol. The van der Waals surface area contributed by atoms with Crippen LogP contribution in [0.2, 0.25) is 10.0 Å². The Hall–Kier alpha value is -0.770. The summed E-state index contributed by atoms with van der Waals surface area (Å²) < 4.78 is 0. The van der Waals surface area contributed by atoms with Crippen LogP contribution in [0.15, 0.2) is 18.2 Å². The van der Waals surface area contributed by atoms with Gasteiger partial charge in [0, 0.05) is 16.1 Å². The molecule has 3 N–H and O–H groups in total. The Morgan fingerprint density at radius 3 is 2.59 bits per heavy atom. The maximum Gasteiger partial charge on any atom is 0.236 e. The third-order valence-electron chi connectivity index (χ3n) is 2.34. The molecule has 0 fully saturated rings. The van der Waals surface area contributed by atoms with Gasteiger partial charge in [0.25, 0.3) is 0 Å². The van der Waals surface area contributed by atoms with Crippen molar-refractivity contribution in [1.29, 1.82) is 0 Å². The Morgan fingerprint density at radius 1 is 1.41 bits per heavy atom. The number of amides is 1. The van der Waals surface area contributed by atoms with Crippen LogP contribution in [-0.4, -0.2) is 18.0 Å². The zero-order chi connectivity index (χ0) is 13.0. The van der Waals surface area contributed by atoms with Crippen LogP contribution >= 0.6 is 23.2 Å². The van der Waals surface area contributed by atoms with Crippen molar-refractivity contribution >= 4 is 29.1 Å². The largest absolute Gasteiger partial charge is 0.352 e. The molecule has 3 nitrogen and oxygen atoms in total. The van der Waals surface area contributed by atoms with Gasteiger partial charge in [-0.3, -0.25) is 4.79 Å². The third kappa shape index (κ3) is 4.54. The molecule has 1 amide bonds. The fourth-order valence-corrected chi connectivity index (χ4v) is 1.93. The number of benzene rings is 1. The normalized spacial score (nSPS) is 14.2. The van der Waals surface area contributed by atoms with Gasteiger partial charge in [0.2, 0.25) is 5.91 Å². The van der Waals surface area contributed by atoms with Crippen molar-refractivity contribution in [3.63, 3.8) is 0 Å². The lowest BCUT2D eigenvalue weighted by Gasteiger charge is -2.16. The smallest absolute Gasteiger partial charge is 0.236 e. The number of halogens is 2. The van der Waals surface area contributed by atoms with Gasteiger partial charge >= 0.3 is 0 Å². The number of hydrogen-bond acceptors (Lipinski definition) is 2. The minimum Gasteiger partial charge on any atom is -0.352 e. The van der Waals surface area contributed by atoms with Crippen LogP contribution in [0.1, 0.15) is 19.4 Å². The molecule has 0 aromatic heterocycles. The molecular formula is C12H16Cl2N2O. The Bertz CT molecular complexity index is 407. The van der Waals surface area contributed by atoms with Crippen molar-refractivity contribution in [2.45, 2.75) is 32.4 Å².